The van der Waals surface area contributed by atoms with E-state index in [2.05, 4.69) is 0 Å². The van der Waals surface area contributed by atoms with Crippen LogP contribution in [0.3, 0.4) is 0 Å². The molecular weight excluding hydrogens is 225 g/mol. The van der Waals surface area contributed by atoms with Crippen molar-refractivity contribution in [3.05, 3.63) is 35.1 Å². The van der Waals surface area contributed by atoms with E-state index < -0.39 is 0 Å². The molecule has 2 N–H and O–H groups in total. The highest BCUT2D eigenvalue weighted by Gasteiger charge is 2.39. The number of hydrogen-bond donors (Lipinski definition) is 1. The van der Waals surface area contributed by atoms with E-state index in [0.29, 0.717) is 0 Å². The van der Waals surface area contributed by atoms with Gasteiger partial charge in [0.15, 0.2) is 0 Å². The fourth-order valence-corrected chi connectivity index (χ4v) is 4.13. The van der Waals surface area contributed by atoms with Gasteiger partial charge in [-0.15, -0.1) is 0 Å². The Labute approximate surface area is 109 Å². The molecule has 0 spiro atoms. The van der Waals surface area contributed by atoms with Crippen molar-refractivity contribution in [3.63, 3.8) is 0 Å². The molecule has 2 bridgehead atoms. The zero-order chi connectivity index (χ0) is 12.7. The average Bonchev–Trinajstić information content (AvgIpc) is 2.94. The zero-order valence-corrected chi connectivity index (χ0v) is 11.0. The number of fused-ring (bicyclic) bond motifs is 2. The molecular formula is C16H22FN. The van der Waals surface area contributed by atoms with Gasteiger partial charge in [-0.2, -0.15) is 0 Å². The average molecular weight is 247 g/mol. The van der Waals surface area contributed by atoms with Gasteiger partial charge in [0, 0.05) is 6.04 Å². The van der Waals surface area contributed by atoms with Crippen molar-refractivity contribution >= 4 is 0 Å². The standard InChI is InChI=1S/C16H22FN/c1-10-2-5-14(17)9-15(10)16(18)8-13-7-11-3-4-12(13)6-11/h2,5,9,11-13,16H,3-4,6-8,18H2,1H3. The molecule has 0 amide bonds. The first-order valence-corrected chi connectivity index (χ1v) is 7.15. The van der Waals surface area contributed by atoms with E-state index in [-0.39, 0.29) is 11.9 Å². The van der Waals surface area contributed by atoms with Gasteiger partial charge in [-0.3, -0.25) is 0 Å². The van der Waals surface area contributed by atoms with Crippen molar-refractivity contribution in [3.8, 4) is 0 Å². The lowest BCUT2D eigenvalue weighted by Crippen LogP contribution is -2.20. The third kappa shape index (κ3) is 2.18. The number of halogens is 1. The smallest absolute Gasteiger partial charge is 0.123 e. The third-order valence-electron chi connectivity index (χ3n) is 5.08. The topological polar surface area (TPSA) is 26.0 Å². The molecule has 0 heterocycles. The van der Waals surface area contributed by atoms with Gasteiger partial charge in [-0.1, -0.05) is 12.5 Å². The summed E-state index contributed by atoms with van der Waals surface area (Å²) in [5, 5.41) is 0. The van der Waals surface area contributed by atoms with Crippen molar-refractivity contribution in [2.75, 3.05) is 0 Å². The maximum Gasteiger partial charge on any atom is 0.123 e. The second-order valence-electron chi connectivity index (χ2n) is 6.28. The van der Waals surface area contributed by atoms with Crippen LogP contribution in [0.5, 0.6) is 0 Å². The molecule has 4 atom stereocenters. The van der Waals surface area contributed by atoms with Crippen LogP contribution in [-0.2, 0) is 0 Å². The van der Waals surface area contributed by atoms with Gasteiger partial charge in [0.2, 0.25) is 0 Å². The number of nitrogens with two attached hydrogens (primary N) is 1. The first kappa shape index (κ1) is 12.2. The van der Waals surface area contributed by atoms with E-state index >= 15 is 0 Å². The zero-order valence-electron chi connectivity index (χ0n) is 11.0. The van der Waals surface area contributed by atoms with Crippen LogP contribution in [0.1, 0.15) is 49.3 Å². The molecule has 0 aliphatic heterocycles. The lowest BCUT2D eigenvalue weighted by Gasteiger charge is -2.25. The van der Waals surface area contributed by atoms with Gasteiger partial charge in [-0.25, -0.2) is 4.39 Å². The van der Waals surface area contributed by atoms with Crippen LogP contribution in [-0.4, -0.2) is 0 Å². The highest BCUT2D eigenvalue weighted by Crippen LogP contribution is 2.50. The van der Waals surface area contributed by atoms with Crippen LogP contribution >= 0.6 is 0 Å². The fraction of sp³-hybridized carbons (Fsp3) is 0.625. The molecule has 1 nitrogen and oxygen atoms in total. The number of hydrogen-bond acceptors (Lipinski definition) is 1. The second-order valence-corrected chi connectivity index (χ2v) is 6.28. The van der Waals surface area contributed by atoms with E-state index in [1.54, 1.807) is 6.07 Å². The summed E-state index contributed by atoms with van der Waals surface area (Å²) in [6.45, 7) is 2.02. The van der Waals surface area contributed by atoms with Crippen LogP contribution in [0.2, 0.25) is 0 Å². The van der Waals surface area contributed by atoms with Gasteiger partial charge in [0.25, 0.3) is 0 Å². The van der Waals surface area contributed by atoms with Gasteiger partial charge >= 0.3 is 0 Å². The quantitative estimate of drug-likeness (QED) is 0.859. The van der Waals surface area contributed by atoms with Crippen LogP contribution in [0.4, 0.5) is 4.39 Å². The molecule has 2 fully saturated rings. The summed E-state index contributed by atoms with van der Waals surface area (Å²) in [5.41, 5.74) is 8.43. The Bertz CT molecular complexity index is 443. The molecule has 0 saturated heterocycles. The summed E-state index contributed by atoms with van der Waals surface area (Å²) in [6, 6.07) is 4.98. The molecule has 0 aromatic heterocycles. The van der Waals surface area contributed by atoms with Crippen LogP contribution in [0, 0.1) is 30.5 Å². The molecule has 98 valence electrons. The van der Waals surface area contributed by atoms with Crippen LogP contribution < -0.4 is 5.73 Å². The van der Waals surface area contributed by atoms with Crippen molar-refractivity contribution in [2.24, 2.45) is 23.5 Å². The van der Waals surface area contributed by atoms with E-state index in [0.717, 1.165) is 35.3 Å². The number of rotatable bonds is 3. The molecule has 2 aliphatic rings. The Hall–Kier alpha value is -0.890. The van der Waals surface area contributed by atoms with Crippen molar-refractivity contribution < 1.29 is 4.39 Å². The maximum atomic E-state index is 13.3. The molecule has 0 radical (unpaired) electrons. The second kappa shape index (κ2) is 4.65. The summed E-state index contributed by atoms with van der Waals surface area (Å²) in [4.78, 5) is 0. The SMILES string of the molecule is Cc1ccc(F)cc1C(N)CC1CC2CCC1C2. The molecule has 4 unspecified atom stereocenters. The maximum absolute atomic E-state index is 13.3. The van der Waals surface area contributed by atoms with E-state index in [9.17, 15) is 4.39 Å². The highest BCUT2D eigenvalue weighted by atomic mass is 19.1. The summed E-state index contributed by atoms with van der Waals surface area (Å²) in [5.74, 6) is 2.47. The van der Waals surface area contributed by atoms with Crippen LogP contribution in [0.15, 0.2) is 18.2 Å². The van der Waals surface area contributed by atoms with Gasteiger partial charge in [-0.05, 0) is 73.6 Å². The minimum absolute atomic E-state index is 0.00468. The normalized spacial score (nSPS) is 31.8. The van der Waals surface area contributed by atoms with Gasteiger partial charge < -0.3 is 5.73 Å². The molecule has 2 saturated carbocycles. The van der Waals surface area contributed by atoms with Crippen molar-refractivity contribution in [1.82, 2.24) is 0 Å². The molecule has 2 heteroatoms. The third-order valence-corrected chi connectivity index (χ3v) is 5.08. The summed E-state index contributed by atoms with van der Waals surface area (Å²) in [7, 11) is 0. The summed E-state index contributed by atoms with van der Waals surface area (Å²) in [6.07, 6.45) is 6.62. The Balaban J connectivity index is 1.71. The Morgan fingerprint density at radius 3 is 2.83 bits per heavy atom. The Morgan fingerprint density at radius 2 is 2.17 bits per heavy atom. The van der Waals surface area contributed by atoms with Crippen LogP contribution in [0.25, 0.3) is 0 Å². The number of benzene rings is 1. The molecule has 3 rings (SSSR count). The Kier molecular flexibility index (Phi) is 3.14. The number of aryl methyl sites for hydroxylation is 1. The monoisotopic (exact) mass is 247 g/mol. The van der Waals surface area contributed by atoms with Gasteiger partial charge in [0.05, 0.1) is 0 Å². The fourth-order valence-electron chi connectivity index (χ4n) is 4.13. The minimum atomic E-state index is -0.168. The van der Waals surface area contributed by atoms with Crippen molar-refractivity contribution in [1.29, 1.82) is 0 Å². The predicted octanol–water partition coefficient (Wildman–Crippen LogP) is 3.96. The lowest BCUT2D eigenvalue weighted by atomic mass is 9.82. The predicted molar refractivity (Wildman–Crippen MR) is 71.6 cm³/mol. The highest BCUT2D eigenvalue weighted by molar-refractivity contribution is 5.29. The largest absolute Gasteiger partial charge is 0.324 e. The Morgan fingerprint density at radius 1 is 1.33 bits per heavy atom. The molecule has 18 heavy (non-hydrogen) atoms. The molecule has 1 aromatic rings. The molecule has 1 aromatic carbocycles. The minimum Gasteiger partial charge on any atom is -0.324 e. The van der Waals surface area contributed by atoms with E-state index in [1.807, 2.05) is 13.0 Å². The first-order valence-electron chi connectivity index (χ1n) is 7.15. The lowest BCUT2D eigenvalue weighted by molar-refractivity contribution is 0.295. The molecule has 2 aliphatic carbocycles. The summed E-state index contributed by atoms with van der Waals surface area (Å²) < 4.78 is 13.3. The first-order chi connectivity index (χ1) is 8.63. The van der Waals surface area contributed by atoms with Crippen molar-refractivity contribution in [2.45, 2.75) is 45.1 Å². The van der Waals surface area contributed by atoms with Gasteiger partial charge in [0.1, 0.15) is 5.82 Å². The van der Waals surface area contributed by atoms with E-state index in [1.165, 1.54) is 31.7 Å². The summed E-state index contributed by atoms with van der Waals surface area (Å²) >= 11 is 0. The van der Waals surface area contributed by atoms with E-state index in [4.69, 9.17) is 5.73 Å².